The number of hydrogen-bond acceptors (Lipinski definition) is 3. The molecular weight excluding hydrogens is 198 g/mol. The highest BCUT2D eigenvalue weighted by atomic mass is 32.2. The van der Waals surface area contributed by atoms with Gasteiger partial charge < -0.3 is 10.8 Å². The first-order valence-electron chi connectivity index (χ1n) is 4.29. The Balaban J connectivity index is 2.26. The van der Waals surface area contributed by atoms with Crippen LogP contribution in [-0.2, 0) is 10.5 Å². The highest BCUT2D eigenvalue weighted by Gasteiger charge is 2.09. The Hall–Kier alpha value is -1.00. The number of carbonyl (C=O) groups excluding carboxylic acids is 1. The summed E-state index contributed by atoms with van der Waals surface area (Å²) in [5, 5.41) is 9.11. The molecule has 1 unspecified atom stereocenters. The highest BCUT2D eigenvalue weighted by Crippen LogP contribution is 2.12. The molecule has 1 aromatic rings. The molecule has 0 aliphatic heterocycles. The summed E-state index contributed by atoms with van der Waals surface area (Å²) in [6.07, 6.45) is -1.04. The van der Waals surface area contributed by atoms with Crippen molar-refractivity contribution in [3.63, 3.8) is 0 Å². The van der Waals surface area contributed by atoms with Crippen molar-refractivity contribution in [3.8, 4) is 0 Å². The first kappa shape index (κ1) is 11.1. The number of primary amides is 1. The van der Waals surface area contributed by atoms with Gasteiger partial charge in [0.15, 0.2) is 0 Å². The number of amides is 1. The lowest BCUT2D eigenvalue weighted by atomic mass is 10.2. The Bertz CT molecular complexity index is 289. The Kier molecular flexibility index (Phi) is 4.49. The molecule has 14 heavy (non-hydrogen) atoms. The maximum absolute atomic E-state index is 10.5. The highest BCUT2D eigenvalue weighted by molar-refractivity contribution is 7.98. The molecule has 0 aliphatic rings. The zero-order valence-electron chi connectivity index (χ0n) is 7.72. The van der Waals surface area contributed by atoms with Crippen molar-refractivity contribution >= 4 is 17.7 Å². The summed E-state index contributed by atoms with van der Waals surface area (Å²) in [6.45, 7) is 0. The maximum Gasteiger partial charge on any atom is 0.247 e. The van der Waals surface area contributed by atoms with Crippen LogP contribution in [0.15, 0.2) is 30.3 Å². The standard InChI is InChI=1S/C10H13NO2S/c11-10(13)9(12)7-14-6-8-4-2-1-3-5-8/h1-5,9,12H,6-7H2,(H2,11,13). The van der Waals surface area contributed by atoms with Crippen LogP contribution in [0.4, 0.5) is 0 Å². The average molecular weight is 211 g/mol. The third-order valence-electron chi connectivity index (χ3n) is 1.72. The molecule has 3 N–H and O–H groups in total. The minimum atomic E-state index is -1.04. The first-order valence-corrected chi connectivity index (χ1v) is 5.44. The average Bonchev–Trinajstić information content (AvgIpc) is 2.19. The lowest BCUT2D eigenvalue weighted by Crippen LogP contribution is -2.30. The van der Waals surface area contributed by atoms with E-state index in [9.17, 15) is 4.79 Å². The van der Waals surface area contributed by atoms with Gasteiger partial charge in [-0.1, -0.05) is 30.3 Å². The van der Waals surface area contributed by atoms with Gasteiger partial charge in [-0.05, 0) is 5.56 Å². The second-order valence-corrected chi connectivity index (χ2v) is 3.95. The topological polar surface area (TPSA) is 63.3 Å². The molecule has 4 heteroatoms. The molecule has 0 aliphatic carbocycles. The van der Waals surface area contributed by atoms with Crippen molar-refractivity contribution in [1.82, 2.24) is 0 Å². The number of hydrogen-bond donors (Lipinski definition) is 2. The van der Waals surface area contributed by atoms with Gasteiger partial charge in [0.25, 0.3) is 0 Å². The normalized spacial score (nSPS) is 12.4. The van der Waals surface area contributed by atoms with E-state index in [0.29, 0.717) is 5.75 Å². The molecule has 0 spiro atoms. The van der Waals surface area contributed by atoms with Gasteiger partial charge in [-0.15, -0.1) is 0 Å². The summed E-state index contributed by atoms with van der Waals surface area (Å²) in [7, 11) is 0. The SMILES string of the molecule is NC(=O)C(O)CSCc1ccccc1. The minimum Gasteiger partial charge on any atom is -0.382 e. The van der Waals surface area contributed by atoms with Crippen LogP contribution in [-0.4, -0.2) is 22.9 Å². The van der Waals surface area contributed by atoms with E-state index < -0.39 is 12.0 Å². The summed E-state index contributed by atoms with van der Waals surface area (Å²) < 4.78 is 0. The predicted octanol–water partition coefficient (Wildman–Crippen LogP) is 0.766. The van der Waals surface area contributed by atoms with Crippen molar-refractivity contribution in [2.75, 3.05) is 5.75 Å². The van der Waals surface area contributed by atoms with E-state index >= 15 is 0 Å². The number of rotatable bonds is 5. The summed E-state index contributed by atoms with van der Waals surface area (Å²) in [5.74, 6) is 0.473. The zero-order chi connectivity index (χ0) is 10.4. The van der Waals surface area contributed by atoms with E-state index in [1.54, 1.807) is 0 Å². The van der Waals surface area contributed by atoms with E-state index in [1.807, 2.05) is 30.3 Å². The molecule has 1 rings (SSSR count). The van der Waals surface area contributed by atoms with Gasteiger partial charge in [-0.25, -0.2) is 0 Å². The molecule has 1 atom stereocenters. The molecule has 3 nitrogen and oxygen atoms in total. The number of aliphatic hydroxyl groups is 1. The number of benzene rings is 1. The van der Waals surface area contributed by atoms with Gasteiger partial charge >= 0.3 is 0 Å². The molecule has 0 bridgehead atoms. The van der Waals surface area contributed by atoms with Crippen LogP contribution in [0.2, 0.25) is 0 Å². The molecule has 0 saturated carbocycles. The third-order valence-corrected chi connectivity index (χ3v) is 2.80. The van der Waals surface area contributed by atoms with Crippen molar-refractivity contribution in [1.29, 1.82) is 0 Å². The first-order chi connectivity index (χ1) is 6.70. The van der Waals surface area contributed by atoms with Crippen molar-refractivity contribution in [2.45, 2.75) is 11.9 Å². The van der Waals surface area contributed by atoms with E-state index in [1.165, 1.54) is 17.3 Å². The number of carbonyl (C=O) groups is 1. The van der Waals surface area contributed by atoms with E-state index in [0.717, 1.165) is 5.75 Å². The van der Waals surface area contributed by atoms with Gasteiger partial charge in [0.1, 0.15) is 6.10 Å². The molecule has 0 fully saturated rings. The van der Waals surface area contributed by atoms with E-state index in [2.05, 4.69) is 0 Å². The quantitative estimate of drug-likeness (QED) is 0.756. The molecule has 1 amide bonds. The number of thioether (sulfide) groups is 1. The summed E-state index contributed by atoms with van der Waals surface area (Å²) in [4.78, 5) is 10.5. The van der Waals surface area contributed by atoms with Crippen LogP contribution >= 0.6 is 11.8 Å². The van der Waals surface area contributed by atoms with Crippen LogP contribution < -0.4 is 5.73 Å². The monoisotopic (exact) mass is 211 g/mol. The predicted molar refractivity (Wildman–Crippen MR) is 57.8 cm³/mol. The largest absolute Gasteiger partial charge is 0.382 e. The summed E-state index contributed by atoms with van der Waals surface area (Å²) in [6, 6.07) is 9.88. The van der Waals surface area contributed by atoms with Crippen molar-refractivity contribution in [2.24, 2.45) is 5.73 Å². The lowest BCUT2D eigenvalue weighted by molar-refractivity contribution is -0.124. The second kappa shape index (κ2) is 5.67. The van der Waals surface area contributed by atoms with Crippen LogP contribution in [0.3, 0.4) is 0 Å². The smallest absolute Gasteiger partial charge is 0.247 e. The van der Waals surface area contributed by atoms with E-state index in [4.69, 9.17) is 10.8 Å². The molecule has 0 heterocycles. The third kappa shape index (κ3) is 3.81. The van der Waals surface area contributed by atoms with Crippen LogP contribution in [0, 0.1) is 0 Å². The zero-order valence-corrected chi connectivity index (χ0v) is 8.54. The van der Waals surface area contributed by atoms with E-state index in [-0.39, 0.29) is 0 Å². The van der Waals surface area contributed by atoms with Gasteiger partial charge in [0, 0.05) is 11.5 Å². The van der Waals surface area contributed by atoms with Gasteiger partial charge in [-0.2, -0.15) is 11.8 Å². The molecular formula is C10H13NO2S. The summed E-state index contributed by atoms with van der Waals surface area (Å²) >= 11 is 1.49. The minimum absolute atomic E-state index is 0.351. The Morgan fingerprint density at radius 3 is 2.64 bits per heavy atom. The van der Waals surface area contributed by atoms with Crippen molar-refractivity contribution in [3.05, 3.63) is 35.9 Å². The molecule has 76 valence electrons. The number of aliphatic hydroxyl groups excluding tert-OH is 1. The fourth-order valence-electron chi connectivity index (χ4n) is 0.945. The fraction of sp³-hybridized carbons (Fsp3) is 0.300. The Morgan fingerprint density at radius 2 is 2.07 bits per heavy atom. The van der Waals surface area contributed by atoms with Crippen molar-refractivity contribution < 1.29 is 9.90 Å². The molecule has 1 aromatic carbocycles. The fourth-order valence-corrected chi connectivity index (χ4v) is 1.88. The van der Waals surface area contributed by atoms with Crippen LogP contribution in [0.25, 0.3) is 0 Å². The van der Waals surface area contributed by atoms with Crippen LogP contribution in [0.5, 0.6) is 0 Å². The molecule has 0 aromatic heterocycles. The second-order valence-electron chi connectivity index (χ2n) is 2.92. The Morgan fingerprint density at radius 1 is 1.43 bits per heavy atom. The Labute approximate surface area is 87.3 Å². The van der Waals surface area contributed by atoms with Crippen LogP contribution in [0.1, 0.15) is 5.56 Å². The van der Waals surface area contributed by atoms with Gasteiger partial charge in [-0.3, -0.25) is 4.79 Å². The lowest BCUT2D eigenvalue weighted by Gasteiger charge is -2.05. The molecule has 0 radical (unpaired) electrons. The van der Waals surface area contributed by atoms with Gasteiger partial charge in [0.05, 0.1) is 0 Å². The van der Waals surface area contributed by atoms with Gasteiger partial charge in [0.2, 0.25) is 5.91 Å². The maximum atomic E-state index is 10.5. The molecule has 0 saturated heterocycles. The number of nitrogens with two attached hydrogens (primary N) is 1. The summed E-state index contributed by atoms with van der Waals surface area (Å²) in [5.41, 5.74) is 6.09.